The summed E-state index contributed by atoms with van der Waals surface area (Å²) in [6.45, 7) is 6.25. The van der Waals surface area contributed by atoms with Crippen LogP contribution in [0, 0.1) is 5.92 Å². The molecule has 0 heterocycles. The first-order valence-corrected chi connectivity index (χ1v) is 15.6. The third-order valence-electron chi connectivity index (χ3n) is 7.73. The van der Waals surface area contributed by atoms with E-state index in [1.165, 1.54) is 10.5 Å². The van der Waals surface area contributed by atoms with E-state index >= 15 is 0 Å². The Bertz CT molecular complexity index is 1280. The minimum Gasteiger partial charge on any atom is -0.445 e. The summed E-state index contributed by atoms with van der Waals surface area (Å²) in [5.41, 5.74) is 3.84. The molecule has 0 radical (unpaired) electrons. The Labute approximate surface area is 261 Å². The second kappa shape index (κ2) is 17.9. The Kier molecular flexibility index (Phi) is 14.0. The topological polar surface area (TPSA) is 129 Å². The first-order chi connectivity index (χ1) is 21.2. The molecule has 0 saturated carbocycles. The number of hydrogen-bond donors (Lipinski definition) is 3. The number of aliphatic imine (C=N–C) groups is 1. The van der Waals surface area contributed by atoms with Gasteiger partial charge >= 0.3 is 6.09 Å². The fraction of sp³-hybridized carbons (Fsp3) is 0.500. The van der Waals surface area contributed by atoms with Crippen molar-refractivity contribution in [2.75, 3.05) is 26.7 Å². The minimum absolute atomic E-state index is 0.171. The molecule has 3 rings (SSSR count). The van der Waals surface area contributed by atoms with Crippen molar-refractivity contribution in [3.8, 4) is 0 Å². The zero-order valence-electron chi connectivity index (χ0n) is 26.4. The number of fused-ring (bicyclic) bond motifs is 1. The Balaban J connectivity index is 1.60. The van der Waals surface area contributed by atoms with Gasteiger partial charge in [-0.05, 0) is 75.1 Å². The summed E-state index contributed by atoms with van der Waals surface area (Å²) in [7, 11) is 1.68. The summed E-state index contributed by atoms with van der Waals surface area (Å²) in [5.74, 6) is -1.16. The maximum absolute atomic E-state index is 13.8. The van der Waals surface area contributed by atoms with Gasteiger partial charge in [-0.1, -0.05) is 68.4 Å². The van der Waals surface area contributed by atoms with Gasteiger partial charge in [0.25, 0.3) is 5.91 Å². The number of benzene rings is 2. The van der Waals surface area contributed by atoms with E-state index in [1.807, 2.05) is 62.4 Å². The molecule has 0 bridgehead atoms. The third-order valence-corrected chi connectivity index (χ3v) is 7.73. The van der Waals surface area contributed by atoms with Gasteiger partial charge in [0.15, 0.2) is 0 Å². The van der Waals surface area contributed by atoms with Crippen LogP contribution in [0.1, 0.15) is 69.6 Å². The van der Waals surface area contributed by atoms with Gasteiger partial charge < -0.3 is 25.6 Å². The van der Waals surface area contributed by atoms with Crippen LogP contribution in [0.3, 0.4) is 0 Å². The molecule has 0 aliphatic heterocycles. The van der Waals surface area contributed by atoms with Crippen molar-refractivity contribution in [2.24, 2.45) is 10.9 Å². The highest BCUT2D eigenvalue weighted by Gasteiger charge is 2.31. The molecule has 2 aromatic rings. The second-order valence-corrected chi connectivity index (χ2v) is 11.5. The van der Waals surface area contributed by atoms with Crippen LogP contribution in [0.2, 0.25) is 0 Å². The number of aryl methyl sites for hydroxylation is 1. The molecule has 1 aliphatic rings. The third kappa shape index (κ3) is 10.9. The summed E-state index contributed by atoms with van der Waals surface area (Å²) in [6.07, 6.45) is 4.12. The normalized spacial score (nSPS) is 14.8. The van der Waals surface area contributed by atoms with Crippen LogP contribution in [0.15, 0.2) is 59.6 Å². The van der Waals surface area contributed by atoms with Crippen molar-refractivity contribution < 1.29 is 23.9 Å². The van der Waals surface area contributed by atoms with Crippen LogP contribution < -0.4 is 16.0 Å². The van der Waals surface area contributed by atoms with Gasteiger partial charge in [0.05, 0.1) is 11.8 Å². The number of likely N-dealkylation sites (N-methyl/N-ethyl adjacent to an activating group) is 1. The van der Waals surface area contributed by atoms with E-state index in [4.69, 9.17) is 4.74 Å². The van der Waals surface area contributed by atoms with Gasteiger partial charge in [0, 0.05) is 13.1 Å². The zero-order valence-corrected chi connectivity index (χ0v) is 26.4. The lowest BCUT2D eigenvalue weighted by atomic mass is 9.90. The van der Waals surface area contributed by atoms with Crippen LogP contribution in [0.4, 0.5) is 4.79 Å². The lowest BCUT2D eigenvalue weighted by Crippen LogP contribution is -2.55. The molecule has 44 heavy (non-hydrogen) atoms. The molecular formula is C34H47N5O5. The number of rotatable bonds is 15. The Hall–Kier alpha value is -4.05. The van der Waals surface area contributed by atoms with E-state index in [2.05, 4.69) is 27.0 Å². The van der Waals surface area contributed by atoms with Gasteiger partial charge in [-0.25, -0.2) is 9.79 Å². The number of carbonyl (C=O) groups is 4. The van der Waals surface area contributed by atoms with Crippen molar-refractivity contribution in [3.05, 3.63) is 71.3 Å². The van der Waals surface area contributed by atoms with E-state index in [0.717, 1.165) is 29.7 Å². The number of alkyl carbamates (subject to hydrolysis) is 1. The summed E-state index contributed by atoms with van der Waals surface area (Å²) < 4.78 is 5.25. The number of nitrogens with one attached hydrogen (secondary N) is 3. The molecule has 2 aromatic carbocycles. The molecule has 3 N–H and O–H groups in total. The van der Waals surface area contributed by atoms with E-state index in [-0.39, 0.29) is 36.8 Å². The van der Waals surface area contributed by atoms with Crippen LogP contribution in [-0.4, -0.2) is 73.2 Å². The second-order valence-electron chi connectivity index (χ2n) is 11.5. The highest BCUT2D eigenvalue weighted by atomic mass is 16.5. The number of ether oxygens (including phenoxy) is 1. The van der Waals surface area contributed by atoms with E-state index < -0.39 is 18.2 Å². The summed E-state index contributed by atoms with van der Waals surface area (Å²) in [6, 6.07) is 16.2. The minimum atomic E-state index is -0.782. The predicted octanol–water partition coefficient (Wildman–Crippen LogP) is 4.01. The number of hydrogen-bond acceptors (Lipinski definition) is 6. The molecular weight excluding hydrogens is 558 g/mol. The lowest BCUT2D eigenvalue weighted by molar-refractivity contribution is -0.140. The number of unbranched alkanes of at least 4 members (excludes halogenated alkanes) is 2. The Morgan fingerprint density at radius 3 is 2.39 bits per heavy atom. The van der Waals surface area contributed by atoms with E-state index in [1.54, 1.807) is 14.0 Å². The van der Waals surface area contributed by atoms with Gasteiger partial charge in [0.1, 0.15) is 19.2 Å². The van der Waals surface area contributed by atoms with Gasteiger partial charge in [-0.3, -0.25) is 14.4 Å². The van der Waals surface area contributed by atoms with Gasteiger partial charge in [-0.2, -0.15) is 0 Å². The standard InChI is InChI=1S/C34H47N5O5/c1-24(2)31(38-32(41)25(3)35-4)33(42)39(22-30(40)37-29-19-13-17-27-16-9-10-18-28(27)29)21-12-6-11-20-36-34(43)44-23-26-14-7-5-8-15-26/h5,7-10,14-16,18,24-25,31,35H,6,11-13,17,19-23H2,1-4H3,(H,36,43)(H,38,41)/t25-,31-/m0/s1. The van der Waals surface area contributed by atoms with Crippen molar-refractivity contribution in [3.63, 3.8) is 0 Å². The maximum Gasteiger partial charge on any atom is 0.407 e. The number of nitrogens with zero attached hydrogens (tertiary/aromatic N) is 2. The molecule has 0 fully saturated rings. The molecule has 2 atom stereocenters. The van der Waals surface area contributed by atoms with Crippen LogP contribution >= 0.6 is 0 Å². The monoisotopic (exact) mass is 605 g/mol. The zero-order chi connectivity index (χ0) is 31.9. The van der Waals surface area contributed by atoms with Crippen molar-refractivity contribution >= 4 is 29.5 Å². The van der Waals surface area contributed by atoms with E-state index in [0.29, 0.717) is 38.8 Å². The van der Waals surface area contributed by atoms with Crippen molar-refractivity contribution in [1.29, 1.82) is 0 Å². The molecule has 0 aromatic heterocycles. The number of amides is 4. The van der Waals surface area contributed by atoms with Crippen molar-refractivity contribution in [1.82, 2.24) is 20.9 Å². The van der Waals surface area contributed by atoms with Crippen LogP contribution in [0.25, 0.3) is 0 Å². The largest absolute Gasteiger partial charge is 0.445 e. The van der Waals surface area contributed by atoms with Gasteiger partial charge in [0.2, 0.25) is 11.8 Å². The average Bonchev–Trinajstić information content (AvgIpc) is 3.03. The molecule has 4 amide bonds. The summed E-state index contributed by atoms with van der Waals surface area (Å²) in [4.78, 5) is 57.7. The first-order valence-electron chi connectivity index (χ1n) is 15.6. The first kappa shape index (κ1) is 34.4. The fourth-order valence-corrected chi connectivity index (χ4v) is 5.02. The lowest BCUT2D eigenvalue weighted by Gasteiger charge is -2.30. The highest BCUT2D eigenvalue weighted by Crippen LogP contribution is 2.21. The number of carbonyl (C=O) groups excluding carboxylic acids is 4. The SMILES string of the molecule is CN[C@@H](C)C(=O)N[C@H](C(=O)N(CCCCCNC(=O)OCc1ccccc1)CC(=O)N=C1CCCc2ccccc21)C(C)C. The molecule has 238 valence electrons. The smallest absolute Gasteiger partial charge is 0.407 e. The average molecular weight is 606 g/mol. The maximum atomic E-state index is 13.8. The molecule has 10 nitrogen and oxygen atoms in total. The Morgan fingerprint density at radius 1 is 0.932 bits per heavy atom. The Morgan fingerprint density at radius 2 is 1.66 bits per heavy atom. The molecule has 0 saturated heterocycles. The fourth-order valence-electron chi connectivity index (χ4n) is 5.02. The molecule has 0 unspecified atom stereocenters. The summed E-state index contributed by atoms with van der Waals surface area (Å²) >= 11 is 0. The highest BCUT2D eigenvalue weighted by molar-refractivity contribution is 6.08. The van der Waals surface area contributed by atoms with E-state index in [9.17, 15) is 19.2 Å². The molecule has 0 spiro atoms. The van der Waals surface area contributed by atoms with Gasteiger partial charge in [-0.15, -0.1) is 0 Å². The van der Waals surface area contributed by atoms with Crippen molar-refractivity contribution in [2.45, 2.75) is 78.0 Å². The molecule has 10 heteroatoms. The van der Waals surface area contributed by atoms with Crippen LogP contribution in [0.5, 0.6) is 0 Å². The molecule has 1 aliphatic carbocycles. The summed E-state index contributed by atoms with van der Waals surface area (Å²) in [5, 5.41) is 8.51. The van der Waals surface area contributed by atoms with Crippen LogP contribution in [-0.2, 0) is 32.1 Å². The predicted molar refractivity (Wildman–Crippen MR) is 171 cm³/mol. The quantitative estimate of drug-likeness (QED) is 0.263.